The van der Waals surface area contributed by atoms with Gasteiger partial charge in [0.25, 0.3) is 0 Å². The van der Waals surface area contributed by atoms with E-state index in [9.17, 15) is 4.79 Å². The van der Waals surface area contributed by atoms with Crippen LogP contribution in [0.4, 0.5) is 0 Å². The first-order valence-corrected chi connectivity index (χ1v) is 6.69. The van der Waals surface area contributed by atoms with Gasteiger partial charge in [-0.1, -0.05) is 26.8 Å². The number of rotatable bonds is 1. The monoisotopic (exact) mass is 228 g/mol. The second-order valence-corrected chi connectivity index (χ2v) is 6.47. The summed E-state index contributed by atoms with van der Waals surface area (Å²) in [6, 6.07) is 4.50. The van der Waals surface area contributed by atoms with E-state index in [4.69, 9.17) is 0 Å². The van der Waals surface area contributed by atoms with Gasteiger partial charge in [-0.05, 0) is 53.9 Å². The lowest BCUT2D eigenvalue weighted by Crippen LogP contribution is -2.10. The van der Waals surface area contributed by atoms with Crippen LogP contribution in [0.15, 0.2) is 12.1 Å². The molecule has 0 aromatic heterocycles. The van der Waals surface area contributed by atoms with Gasteiger partial charge >= 0.3 is 0 Å². The van der Waals surface area contributed by atoms with Crippen LogP contribution >= 0.6 is 0 Å². The summed E-state index contributed by atoms with van der Waals surface area (Å²) in [5, 5.41) is 0. The van der Waals surface area contributed by atoms with Crippen molar-refractivity contribution < 1.29 is 4.79 Å². The number of carbonyl (C=O) groups excluding carboxylic acids is 1. The molecule has 2 aliphatic rings. The first kappa shape index (κ1) is 11.0. The lowest BCUT2D eigenvalue weighted by atomic mass is 9.90. The number of ketones is 1. The fraction of sp³-hybridized carbons (Fsp3) is 0.562. The van der Waals surface area contributed by atoms with E-state index < -0.39 is 0 Å². The van der Waals surface area contributed by atoms with Crippen LogP contribution in [-0.4, -0.2) is 5.78 Å². The van der Waals surface area contributed by atoms with E-state index in [0.717, 1.165) is 24.8 Å². The molecule has 0 bridgehead atoms. The topological polar surface area (TPSA) is 17.1 Å². The van der Waals surface area contributed by atoms with Crippen LogP contribution < -0.4 is 0 Å². The van der Waals surface area contributed by atoms with Gasteiger partial charge in [0.15, 0.2) is 5.78 Å². The molecule has 0 heterocycles. The number of hydrogen-bond acceptors (Lipinski definition) is 1. The zero-order valence-corrected chi connectivity index (χ0v) is 11.0. The van der Waals surface area contributed by atoms with Crippen LogP contribution in [0.3, 0.4) is 0 Å². The van der Waals surface area contributed by atoms with Gasteiger partial charge < -0.3 is 0 Å². The molecule has 0 amide bonds. The third kappa shape index (κ3) is 1.64. The van der Waals surface area contributed by atoms with Crippen LogP contribution in [0.2, 0.25) is 0 Å². The van der Waals surface area contributed by atoms with Crippen LogP contribution in [-0.2, 0) is 19.3 Å². The molecule has 1 heteroatoms. The minimum absolute atomic E-state index is 0.250. The molecule has 0 aliphatic heterocycles. The van der Waals surface area contributed by atoms with Crippen LogP contribution in [0, 0.1) is 11.3 Å². The van der Waals surface area contributed by atoms with Crippen molar-refractivity contribution >= 4 is 5.78 Å². The van der Waals surface area contributed by atoms with Crippen molar-refractivity contribution in [1.82, 2.24) is 0 Å². The Hall–Kier alpha value is -1.11. The molecule has 0 N–H and O–H groups in total. The van der Waals surface area contributed by atoms with E-state index >= 15 is 0 Å². The third-order valence-electron chi connectivity index (χ3n) is 4.36. The molecule has 0 radical (unpaired) electrons. The highest BCUT2D eigenvalue weighted by Gasteiger charge is 2.34. The summed E-state index contributed by atoms with van der Waals surface area (Å²) in [6.07, 6.45) is 4.24. The second-order valence-electron chi connectivity index (χ2n) is 6.47. The maximum absolute atomic E-state index is 12.2. The molecule has 1 nitrogen and oxygen atoms in total. The van der Waals surface area contributed by atoms with Crippen molar-refractivity contribution in [2.45, 2.75) is 46.5 Å². The smallest absolute Gasteiger partial charge is 0.166 e. The second kappa shape index (κ2) is 3.44. The highest BCUT2D eigenvalue weighted by Crippen LogP contribution is 2.40. The maximum Gasteiger partial charge on any atom is 0.166 e. The molecule has 0 fully saturated rings. The molecule has 90 valence electrons. The zero-order chi connectivity index (χ0) is 12.2. The van der Waals surface area contributed by atoms with E-state index in [1.165, 1.54) is 23.1 Å². The number of carbonyl (C=O) groups is 1. The van der Waals surface area contributed by atoms with Crippen molar-refractivity contribution in [2.24, 2.45) is 11.3 Å². The molecule has 1 atom stereocenters. The van der Waals surface area contributed by atoms with Crippen molar-refractivity contribution in [3.05, 3.63) is 34.4 Å². The minimum Gasteiger partial charge on any atom is -0.294 e. The maximum atomic E-state index is 12.2. The Bertz CT molecular complexity index is 496. The summed E-state index contributed by atoms with van der Waals surface area (Å²) in [7, 11) is 0. The normalized spacial score (nSPS) is 24.9. The molecular weight excluding hydrogens is 208 g/mol. The Balaban J connectivity index is 2.04. The lowest BCUT2D eigenvalue weighted by Gasteiger charge is -2.14. The first-order chi connectivity index (χ1) is 8.00. The molecule has 1 aromatic rings. The van der Waals surface area contributed by atoms with E-state index in [-0.39, 0.29) is 5.92 Å². The largest absolute Gasteiger partial charge is 0.294 e. The molecule has 0 saturated carbocycles. The Labute approximate surface area is 103 Å². The number of benzene rings is 1. The van der Waals surface area contributed by atoms with Gasteiger partial charge in [0.2, 0.25) is 0 Å². The van der Waals surface area contributed by atoms with E-state index in [2.05, 4.69) is 32.9 Å². The average Bonchev–Trinajstić information content (AvgIpc) is 2.71. The molecule has 1 aromatic carbocycles. The predicted molar refractivity (Wildman–Crippen MR) is 69.4 cm³/mol. The summed E-state index contributed by atoms with van der Waals surface area (Å²) in [5.74, 6) is 0.635. The number of fused-ring (bicyclic) bond motifs is 2. The van der Waals surface area contributed by atoms with Gasteiger partial charge in [0.05, 0.1) is 0 Å². The van der Waals surface area contributed by atoms with Gasteiger partial charge in [-0.3, -0.25) is 4.79 Å². The Morgan fingerprint density at radius 1 is 1.18 bits per heavy atom. The van der Waals surface area contributed by atoms with Crippen molar-refractivity contribution in [3.8, 4) is 0 Å². The standard InChI is InChI=1S/C16H20O/c1-4-10-5-11-6-12-8-16(2,3)9-13(12)7-14(11)15(10)17/h6-7,10H,4-5,8-9H2,1-3H3. The summed E-state index contributed by atoms with van der Waals surface area (Å²) < 4.78 is 0. The molecule has 0 spiro atoms. The molecule has 0 saturated heterocycles. The minimum atomic E-state index is 0.250. The van der Waals surface area contributed by atoms with Crippen molar-refractivity contribution in [2.75, 3.05) is 0 Å². The summed E-state index contributed by atoms with van der Waals surface area (Å²) in [6.45, 7) is 6.74. The zero-order valence-electron chi connectivity index (χ0n) is 11.0. The van der Waals surface area contributed by atoms with Crippen LogP contribution in [0.5, 0.6) is 0 Å². The van der Waals surface area contributed by atoms with Gasteiger partial charge in [-0.2, -0.15) is 0 Å². The Morgan fingerprint density at radius 2 is 1.82 bits per heavy atom. The van der Waals surface area contributed by atoms with Gasteiger partial charge in [-0.25, -0.2) is 0 Å². The Kier molecular flexibility index (Phi) is 2.23. The quantitative estimate of drug-likeness (QED) is 0.718. The fourth-order valence-corrected chi connectivity index (χ4v) is 3.47. The van der Waals surface area contributed by atoms with E-state index in [1.807, 2.05) is 0 Å². The average molecular weight is 228 g/mol. The van der Waals surface area contributed by atoms with Gasteiger partial charge in [0.1, 0.15) is 0 Å². The van der Waals surface area contributed by atoms with E-state index in [0.29, 0.717) is 11.2 Å². The fourth-order valence-electron chi connectivity index (χ4n) is 3.47. The highest BCUT2D eigenvalue weighted by atomic mass is 16.1. The van der Waals surface area contributed by atoms with Crippen LogP contribution in [0.1, 0.15) is 54.2 Å². The number of Topliss-reactive ketones (excluding diaryl/α,β-unsaturated/α-hetero) is 1. The Morgan fingerprint density at radius 3 is 2.47 bits per heavy atom. The predicted octanol–water partition coefficient (Wildman–Crippen LogP) is 3.58. The highest BCUT2D eigenvalue weighted by molar-refractivity contribution is 6.02. The third-order valence-corrected chi connectivity index (χ3v) is 4.36. The van der Waals surface area contributed by atoms with Crippen LogP contribution in [0.25, 0.3) is 0 Å². The lowest BCUT2D eigenvalue weighted by molar-refractivity contribution is 0.0934. The molecule has 1 unspecified atom stereocenters. The molecule has 3 rings (SSSR count). The summed E-state index contributed by atoms with van der Waals surface area (Å²) in [5.41, 5.74) is 5.61. The van der Waals surface area contributed by atoms with Crippen molar-refractivity contribution in [1.29, 1.82) is 0 Å². The molecular formula is C16H20O. The van der Waals surface area contributed by atoms with Gasteiger partial charge in [0, 0.05) is 11.5 Å². The summed E-state index contributed by atoms with van der Waals surface area (Å²) in [4.78, 5) is 12.2. The first-order valence-electron chi connectivity index (χ1n) is 6.69. The SMILES string of the molecule is CCC1Cc2cc3c(cc2C1=O)CC(C)(C)C3. The van der Waals surface area contributed by atoms with Gasteiger partial charge in [-0.15, -0.1) is 0 Å². The molecule has 2 aliphatic carbocycles. The number of hydrogen-bond donors (Lipinski definition) is 0. The van der Waals surface area contributed by atoms with E-state index in [1.54, 1.807) is 0 Å². The molecule has 17 heavy (non-hydrogen) atoms. The summed E-state index contributed by atoms with van der Waals surface area (Å²) >= 11 is 0. The van der Waals surface area contributed by atoms with Crippen molar-refractivity contribution in [3.63, 3.8) is 0 Å².